The molecule has 15 aromatic rings. The number of nitrogens with one attached hydrogen (secondary N) is 8. The van der Waals surface area contributed by atoms with Crippen molar-refractivity contribution in [3.05, 3.63) is 334 Å². The van der Waals surface area contributed by atoms with Gasteiger partial charge in [0.15, 0.2) is 10.2 Å². The number of thiocarbonyl (C=S) groups is 2. The van der Waals surface area contributed by atoms with Crippen LogP contribution >= 0.6 is 153 Å². The Hall–Kier alpha value is -9.84. The van der Waals surface area contributed by atoms with Crippen molar-refractivity contribution in [3.63, 3.8) is 0 Å². The van der Waals surface area contributed by atoms with Crippen LogP contribution < -0.4 is 25.4 Å². The number of fused-ring (bicyclic) bond motifs is 15. The largest absolute Gasteiger partial charge is 0.497 e. The quantitative estimate of drug-likeness (QED) is 0.0398. The van der Waals surface area contributed by atoms with Gasteiger partial charge in [0.1, 0.15) is 30.2 Å². The van der Waals surface area contributed by atoms with Crippen LogP contribution in [0, 0.1) is 0 Å². The molecular weight excluding hydrogens is 2170 g/mol. The number of alkyl halides is 1. The van der Waals surface area contributed by atoms with Crippen LogP contribution in [-0.2, 0) is 41.6 Å². The first-order valence-corrected chi connectivity index (χ1v) is 54.3. The molecule has 2 saturated carbocycles. The average molecular weight is 2280 g/mol. The number of carbonyl (C=O) groups is 3. The Morgan fingerprint density at radius 1 is 0.387 bits per heavy atom. The van der Waals surface area contributed by atoms with Crippen molar-refractivity contribution >= 4 is 236 Å². The number of hydrogen-bond donors (Lipinski definition) is 8. The molecule has 4 amide bonds. The van der Waals surface area contributed by atoms with Gasteiger partial charge in [-0.1, -0.05) is 217 Å². The van der Waals surface area contributed by atoms with Crippen LogP contribution in [0.25, 0.3) is 54.5 Å². The Bertz CT molecular complexity index is 7150. The molecule has 2 aliphatic carbocycles. The summed E-state index contributed by atoms with van der Waals surface area (Å²) < 4.78 is 24.4. The predicted octanol–water partition coefficient (Wildman–Crippen LogP) is 29.5. The van der Waals surface area contributed by atoms with Crippen molar-refractivity contribution in [3.8, 4) is 11.5 Å². The first kappa shape index (κ1) is 102. The molecule has 738 valence electrons. The lowest BCUT2D eigenvalue weighted by atomic mass is 9.92. The normalized spacial score (nSPS) is 17.7. The maximum atomic E-state index is 13.4. The highest BCUT2D eigenvalue weighted by Gasteiger charge is 2.42. The van der Waals surface area contributed by atoms with Crippen LogP contribution in [0.4, 0.5) is 14.4 Å². The molecule has 5 atom stereocenters. The number of hydrogen-bond acceptors (Lipinski definition) is 9. The summed E-state index contributed by atoms with van der Waals surface area (Å²) in [7, 11) is 3.35. The van der Waals surface area contributed by atoms with Gasteiger partial charge in [0.25, 0.3) is 0 Å². The minimum Gasteiger partial charge on any atom is -0.497 e. The summed E-state index contributed by atoms with van der Waals surface area (Å²) in [5.74, 6) is 1.92. The van der Waals surface area contributed by atoms with Gasteiger partial charge >= 0.3 is 18.2 Å². The predicted molar refractivity (Wildman–Crippen MR) is 595 cm³/mol. The van der Waals surface area contributed by atoms with E-state index in [9.17, 15) is 14.4 Å². The van der Waals surface area contributed by atoms with Crippen molar-refractivity contribution in [2.45, 2.75) is 152 Å². The standard InChI is InChI=1S/C25H28ClN3O2.C24H25BrClN3S.C21H22ClN3OS.2C20H17BrCl2N2O2/c1-31-19-10-7-16(8-11-19)24-23-20(21-15-17(26)9-12-22(21)28-23)13-14-29(24)25(30)27-18-5-3-2-4-6-18;25-16-9-10-21-20(14-16)19-11-12-29(24(30)27-18-7-2-1-3-8-18)23(22(19)28-21)15-5-4-6-17(26)13-15;1-3-23-21(27)25-11-10-16-17-12-14(22)6-9-18(17)24-19(16)20(25)13-4-7-15(26-2)8-5-13;1-2-27-20(26)25-9-8-12-14-10-11(21)6-7-16(14)24-18(12)19(25)13-4-3-5-15(22)17(13)23;21-13-4-5-17-16(11-13)15-6-8-25(20(26)27-9-7-22)19(18(15)24-17)12-2-1-3-14(23)10-12/h7-12,15,18,24,28H,2-6,13-14H2,1H3,(H,27,30);4-6,9-10,13-14,18,23,28H,1-3,7-8,11-12H2,(H,27,30);4-9,12,20,24H,3,10-11H2,1-2H3,(H,23,27);3-7,10,19,24H,2,8-9H2,1H3;1-5,10-11,19,24H,6-9H2. The number of H-pyrrole nitrogens is 5. The van der Waals surface area contributed by atoms with Crippen molar-refractivity contribution < 1.29 is 33.3 Å². The summed E-state index contributed by atoms with van der Waals surface area (Å²) in [6, 6.07) is 68.2. The summed E-state index contributed by atoms with van der Waals surface area (Å²) >= 11 is 66.0. The van der Waals surface area contributed by atoms with Gasteiger partial charge in [-0.2, -0.15) is 0 Å². The molecule has 5 aliphatic heterocycles. The Morgan fingerprint density at radius 2 is 0.746 bits per heavy atom. The topological polar surface area (TPSA) is 219 Å². The highest BCUT2D eigenvalue weighted by molar-refractivity contribution is 9.11. The molecule has 32 heteroatoms. The number of benzene rings is 10. The SMILES string of the molecule is CCNC(=S)N1CCc2c([nH]c3ccc(Cl)cc23)C1c1ccc(OC)cc1.CCOC(=O)N1CCc2c([nH]c3ccc(Br)cc23)C1c1cccc(Cl)c1Cl.COc1ccc(C2c3[nH]c4ccc(Cl)cc4c3CCN2C(=O)NC2CCCCC2)cc1.O=C(OCCCl)N1CCc2c([nH]c3ccc(Br)cc23)C1c1cccc(Cl)c1.S=C(NC1CCCCC1)N1CCc2c([nH]c3ccc(Br)cc23)C1c1cccc(Cl)c1. The minimum atomic E-state index is -0.384. The van der Waals surface area contributed by atoms with E-state index in [2.05, 4.69) is 178 Å². The molecule has 7 aliphatic rings. The second-order valence-electron chi connectivity index (χ2n) is 36.5. The van der Waals surface area contributed by atoms with Gasteiger partial charge in [0.05, 0.1) is 54.9 Å². The number of urea groups is 1. The highest BCUT2D eigenvalue weighted by atomic mass is 79.9. The second kappa shape index (κ2) is 46.3. The molecular formula is C110H109Br3Cl7N13O7S2. The monoisotopic (exact) mass is 2270 g/mol. The van der Waals surface area contributed by atoms with Crippen molar-refractivity contribution in [2.24, 2.45) is 0 Å². The Labute approximate surface area is 897 Å². The minimum absolute atomic E-state index is 0.0232. The highest BCUT2D eigenvalue weighted by Crippen LogP contribution is 2.49. The third kappa shape index (κ3) is 22.3. The van der Waals surface area contributed by atoms with Crippen LogP contribution in [0.1, 0.15) is 192 Å². The third-order valence-electron chi connectivity index (χ3n) is 27.9. The molecule has 10 heterocycles. The van der Waals surface area contributed by atoms with Gasteiger partial charge in [0, 0.05) is 173 Å². The van der Waals surface area contributed by atoms with E-state index in [1.165, 1.54) is 123 Å². The summed E-state index contributed by atoms with van der Waals surface area (Å²) in [6.45, 7) is 8.69. The fourth-order valence-electron chi connectivity index (χ4n) is 21.4. The number of methoxy groups -OCH3 is 2. The van der Waals surface area contributed by atoms with Crippen LogP contribution in [0.5, 0.6) is 11.5 Å². The lowest BCUT2D eigenvalue weighted by Crippen LogP contribution is -2.49. The van der Waals surface area contributed by atoms with E-state index in [1.807, 2.05) is 132 Å². The van der Waals surface area contributed by atoms with Gasteiger partial charge in [-0.05, 0) is 292 Å². The summed E-state index contributed by atoms with van der Waals surface area (Å²) in [4.78, 5) is 66.8. The second-order valence-corrected chi connectivity index (χ2v) is 42.9. The van der Waals surface area contributed by atoms with Gasteiger partial charge in [-0.25, -0.2) is 14.4 Å². The van der Waals surface area contributed by atoms with Gasteiger partial charge < -0.3 is 74.5 Å². The molecule has 0 spiro atoms. The molecule has 5 aromatic heterocycles. The number of amides is 4. The van der Waals surface area contributed by atoms with Crippen molar-refractivity contribution in [1.82, 2.24) is 65.4 Å². The Morgan fingerprint density at radius 3 is 1.17 bits per heavy atom. The molecule has 8 N–H and O–H groups in total. The van der Waals surface area contributed by atoms with Gasteiger partial charge in [0.2, 0.25) is 0 Å². The molecule has 5 unspecified atom stereocenters. The summed E-state index contributed by atoms with van der Waals surface area (Å²) in [6.07, 6.45) is 15.6. The molecule has 20 nitrogen and oxygen atoms in total. The lowest BCUT2D eigenvalue weighted by molar-refractivity contribution is 0.0927. The molecule has 2 fully saturated rings. The van der Waals surface area contributed by atoms with E-state index in [0.29, 0.717) is 47.4 Å². The lowest BCUT2D eigenvalue weighted by Gasteiger charge is -2.39. The van der Waals surface area contributed by atoms with E-state index >= 15 is 0 Å². The molecule has 0 bridgehead atoms. The Kier molecular flexibility index (Phi) is 33.3. The van der Waals surface area contributed by atoms with Crippen LogP contribution in [0.15, 0.2) is 220 Å². The molecule has 142 heavy (non-hydrogen) atoms. The number of aromatic amines is 5. The zero-order valence-electron chi connectivity index (χ0n) is 78.8. The summed E-state index contributed by atoms with van der Waals surface area (Å²) in [5, 5.41) is 21.7. The number of aromatic nitrogens is 5. The number of carbonyl (C=O) groups excluding carboxylic acids is 3. The molecule has 0 saturated heterocycles. The van der Waals surface area contributed by atoms with E-state index in [1.54, 1.807) is 37.0 Å². The molecule has 0 radical (unpaired) electrons. The van der Waals surface area contributed by atoms with E-state index in [4.69, 9.17) is 125 Å². The summed E-state index contributed by atoms with van der Waals surface area (Å²) in [5.41, 5.74) is 22.3. The van der Waals surface area contributed by atoms with Crippen LogP contribution in [0.2, 0.25) is 30.1 Å². The maximum Gasteiger partial charge on any atom is 0.410 e. The van der Waals surface area contributed by atoms with Crippen LogP contribution in [-0.4, -0.2) is 163 Å². The number of rotatable bonds is 13. The smallest absolute Gasteiger partial charge is 0.410 e. The molecule has 10 aromatic carbocycles. The van der Waals surface area contributed by atoms with Crippen LogP contribution in [0.3, 0.4) is 0 Å². The Balaban J connectivity index is 0.000000117. The average Bonchev–Trinajstić information content (AvgIpc) is 1.59. The number of nitrogens with zero attached hydrogens (tertiary/aromatic N) is 5. The zero-order valence-corrected chi connectivity index (χ0v) is 90.5. The van der Waals surface area contributed by atoms with E-state index < -0.39 is 0 Å². The van der Waals surface area contributed by atoms with Gasteiger partial charge in [-0.15, -0.1) is 11.6 Å². The van der Waals surface area contributed by atoms with Crippen molar-refractivity contribution in [2.75, 3.05) is 72.6 Å². The van der Waals surface area contributed by atoms with E-state index in [-0.39, 0.29) is 67.0 Å². The molecule has 22 rings (SSSR count). The maximum absolute atomic E-state index is 13.4. The third-order valence-corrected chi connectivity index (χ3v) is 32.1. The van der Waals surface area contributed by atoms with E-state index in [0.717, 1.165) is 181 Å². The number of halogens is 10. The first-order valence-electron chi connectivity index (χ1n) is 48.3. The van der Waals surface area contributed by atoms with Crippen molar-refractivity contribution in [1.29, 1.82) is 0 Å². The first-order chi connectivity index (χ1) is 68.9. The zero-order chi connectivity index (χ0) is 99.1. The fraction of sp³-hybridized carbons (Fsp3) is 0.318. The fourth-order valence-corrected chi connectivity index (χ4v) is 24.4. The number of ether oxygens (including phenoxy) is 4. The van der Waals surface area contributed by atoms with Gasteiger partial charge in [-0.3, -0.25) is 9.80 Å².